The van der Waals surface area contributed by atoms with Crippen LogP contribution in [0.3, 0.4) is 0 Å². The summed E-state index contributed by atoms with van der Waals surface area (Å²) in [5.74, 6) is 9.46. The number of methoxy groups -OCH3 is 2. The highest BCUT2D eigenvalue weighted by atomic mass is 16.5. The van der Waals surface area contributed by atoms with Crippen LogP contribution in [0.2, 0.25) is 0 Å². The molecule has 18 heteroatoms. The lowest BCUT2D eigenvalue weighted by Gasteiger charge is -2.17. The molecular formula is C57H64N4O14. The Morgan fingerprint density at radius 2 is 1.13 bits per heavy atom. The molecular weight excluding hydrogens is 965 g/mol. The zero-order valence-corrected chi connectivity index (χ0v) is 42.4. The van der Waals surface area contributed by atoms with Crippen molar-refractivity contribution in [1.82, 2.24) is 21.8 Å². The summed E-state index contributed by atoms with van der Waals surface area (Å²) in [4.78, 5) is 72.3. The Hall–Kier alpha value is -7.90. The fraction of sp³-hybridized carbons (Fsp3) is 0.404. The molecule has 396 valence electrons. The molecule has 0 heterocycles. The molecule has 4 amide bonds. The van der Waals surface area contributed by atoms with E-state index in [1.54, 1.807) is 59.8 Å². The van der Waals surface area contributed by atoms with Crippen molar-refractivity contribution in [3.63, 3.8) is 0 Å². The molecule has 0 bridgehead atoms. The van der Waals surface area contributed by atoms with Gasteiger partial charge in [-0.2, -0.15) is 0 Å². The summed E-state index contributed by atoms with van der Waals surface area (Å²) >= 11 is 0. The first-order chi connectivity index (χ1) is 36.3. The summed E-state index contributed by atoms with van der Waals surface area (Å²) in [5.41, 5.74) is 5.71. The van der Waals surface area contributed by atoms with E-state index in [1.165, 1.54) is 14.2 Å². The number of hydrogen-bond acceptors (Lipinski definition) is 14. The number of carbonyl (C=O) groups excluding carboxylic acids is 6. The molecule has 4 aliphatic rings. The van der Waals surface area contributed by atoms with E-state index in [9.17, 15) is 28.8 Å². The highest BCUT2D eigenvalue weighted by Crippen LogP contribution is 2.57. The Morgan fingerprint density at radius 1 is 0.587 bits per heavy atom. The van der Waals surface area contributed by atoms with Gasteiger partial charge in [0.2, 0.25) is 23.6 Å². The number of ether oxygens (including phenoxy) is 5. The molecule has 0 aromatic heterocycles. The lowest BCUT2D eigenvalue weighted by Crippen LogP contribution is -2.38. The third-order valence-electron chi connectivity index (χ3n) is 13.8. The van der Waals surface area contributed by atoms with Gasteiger partial charge in [-0.1, -0.05) is 85.5 Å². The van der Waals surface area contributed by atoms with Gasteiger partial charge in [0.15, 0.2) is 0 Å². The van der Waals surface area contributed by atoms with Gasteiger partial charge in [0.25, 0.3) is 0 Å². The third kappa shape index (κ3) is 14.4. The summed E-state index contributed by atoms with van der Waals surface area (Å²) in [7, 11) is 2.57. The molecule has 0 spiro atoms. The van der Waals surface area contributed by atoms with E-state index in [0.717, 1.165) is 41.7 Å². The Bertz CT molecular complexity index is 2760. The first-order valence-corrected chi connectivity index (χ1v) is 24.6. The molecule has 4 aromatic rings. The predicted molar refractivity (Wildman–Crippen MR) is 270 cm³/mol. The first-order valence-electron chi connectivity index (χ1n) is 24.6. The van der Waals surface area contributed by atoms with Crippen LogP contribution in [0.25, 0.3) is 0 Å². The Labute approximate surface area is 436 Å². The van der Waals surface area contributed by atoms with Crippen molar-refractivity contribution in [2.24, 2.45) is 34.5 Å². The van der Waals surface area contributed by atoms with Gasteiger partial charge >= 0.3 is 11.9 Å². The molecule has 4 fully saturated rings. The van der Waals surface area contributed by atoms with Crippen LogP contribution < -0.4 is 36.0 Å². The predicted octanol–water partition coefficient (Wildman–Crippen LogP) is 5.58. The summed E-state index contributed by atoms with van der Waals surface area (Å²) in [6.07, 6.45) is 5.01. The molecule has 0 unspecified atom stereocenters. The van der Waals surface area contributed by atoms with Gasteiger partial charge in [-0.25, -0.2) is 16.4 Å². The van der Waals surface area contributed by atoms with E-state index in [4.69, 9.17) is 39.3 Å². The minimum absolute atomic E-state index is 0.0950. The van der Waals surface area contributed by atoms with Crippen LogP contribution in [0.1, 0.15) is 74.6 Å². The van der Waals surface area contributed by atoms with Crippen LogP contribution in [-0.2, 0) is 63.1 Å². The van der Waals surface area contributed by atoms with Gasteiger partial charge in [0.05, 0.1) is 42.8 Å². The number of carbonyl (C=O) groups is 6. The highest BCUT2D eigenvalue weighted by Gasteiger charge is 2.66. The summed E-state index contributed by atoms with van der Waals surface area (Å²) in [6.45, 7) is 5.42. The van der Waals surface area contributed by atoms with Gasteiger partial charge < -0.3 is 29.0 Å². The van der Waals surface area contributed by atoms with Crippen molar-refractivity contribution in [3.8, 4) is 40.9 Å². The van der Waals surface area contributed by atoms with E-state index >= 15 is 0 Å². The van der Waals surface area contributed by atoms with E-state index in [0.29, 0.717) is 68.4 Å². The summed E-state index contributed by atoms with van der Waals surface area (Å²) in [5, 5.41) is 29.6. The Kier molecular flexibility index (Phi) is 19.8. The molecule has 4 aliphatic carbocycles. The number of rotatable bonds is 20. The molecule has 75 heavy (non-hydrogen) atoms. The van der Waals surface area contributed by atoms with Crippen molar-refractivity contribution >= 4 is 35.6 Å². The normalized spacial score (nSPS) is 22.0. The van der Waals surface area contributed by atoms with Gasteiger partial charge in [-0.05, 0) is 116 Å². The van der Waals surface area contributed by atoms with Crippen LogP contribution in [0.15, 0.2) is 103 Å². The van der Waals surface area contributed by atoms with Crippen molar-refractivity contribution in [3.05, 3.63) is 125 Å². The van der Waals surface area contributed by atoms with Gasteiger partial charge in [-0.3, -0.25) is 44.4 Å². The van der Waals surface area contributed by atoms with Crippen LogP contribution >= 0.6 is 0 Å². The van der Waals surface area contributed by atoms with E-state index in [2.05, 4.69) is 29.0 Å². The Balaban J connectivity index is 0.000000185. The fourth-order valence-corrected chi connectivity index (χ4v) is 9.14. The van der Waals surface area contributed by atoms with E-state index in [1.807, 2.05) is 73.7 Å². The standard InChI is InChI=1S/C23H26N2O4.C18H21NO5.C16H17NO5/c26-21(25-28)20-13-23(20,22(27)24-14-17-6-7-17)12-16-8-10-19(11-9-16)29-15-18-4-2-1-3-5-18;1-3-4-5-10-24-14-8-6-13(7-9-14)11-18(17(21)23-2)12-15(18)16(20)19-22;1-3-4-8-22-12-7-5-6-11(9-12)16(15(19)21-2)10-13(16)14(18)17-20/h1-5,8-11,17,20,28H,6-7,12-15H2,(H,24,27)(H,25,26);6-9,15,22H,3,10-12H2,1-2H3,(H,19,20);5-7,9,13,20H,8,10H2,1-2H3,(H,17,18)/t20-,23+;15-,18+;13-,16-/m110/s1. The monoisotopic (exact) mass is 1030 g/mol. The van der Waals surface area contributed by atoms with Crippen LogP contribution in [0.5, 0.6) is 17.2 Å². The SMILES string of the molecule is CC#CCOc1cccc([C@@]2(C(=O)OC)C[C@H]2C(=O)NO)c1.CCC#CCOc1ccc(C[C@]2(C(=O)OC)C[C@@H]2C(=O)NO)cc1.O=C(NO)[C@H]1C[C@]1(Cc1ccc(OCc2ccccc2)cc1)C(=O)NCC1CC1. The number of hydrogen-bond donors (Lipinski definition) is 7. The molecule has 0 aliphatic heterocycles. The van der Waals surface area contributed by atoms with Crippen LogP contribution in [0.4, 0.5) is 0 Å². The average molecular weight is 1030 g/mol. The summed E-state index contributed by atoms with van der Waals surface area (Å²) < 4.78 is 26.4. The van der Waals surface area contributed by atoms with Crippen LogP contribution in [-0.4, -0.2) is 85.2 Å². The van der Waals surface area contributed by atoms with Crippen molar-refractivity contribution in [2.45, 2.75) is 77.2 Å². The highest BCUT2D eigenvalue weighted by molar-refractivity contribution is 5.98. The van der Waals surface area contributed by atoms with E-state index in [-0.39, 0.29) is 18.9 Å². The molecule has 4 saturated carbocycles. The lowest BCUT2D eigenvalue weighted by atomic mass is 9.92. The van der Waals surface area contributed by atoms with Gasteiger partial charge in [-0.15, -0.1) is 11.8 Å². The molecule has 4 aromatic carbocycles. The summed E-state index contributed by atoms with van der Waals surface area (Å²) in [6, 6.07) is 31.8. The van der Waals surface area contributed by atoms with Crippen molar-refractivity contribution in [1.29, 1.82) is 0 Å². The second-order valence-corrected chi connectivity index (χ2v) is 18.8. The Morgan fingerprint density at radius 3 is 1.71 bits per heavy atom. The smallest absolute Gasteiger partial charge is 0.317 e. The fourth-order valence-electron chi connectivity index (χ4n) is 9.14. The minimum atomic E-state index is -1.07. The third-order valence-corrected chi connectivity index (χ3v) is 13.8. The quantitative estimate of drug-likeness (QED) is 0.0247. The zero-order chi connectivity index (χ0) is 54.0. The molecule has 6 atom stereocenters. The van der Waals surface area contributed by atoms with Gasteiger partial charge in [0.1, 0.15) is 42.5 Å². The van der Waals surface area contributed by atoms with Gasteiger partial charge in [0, 0.05) is 13.0 Å². The second-order valence-electron chi connectivity index (χ2n) is 18.8. The minimum Gasteiger partial charge on any atom is -0.489 e. The zero-order valence-electron chi connectivity index (χ0n) is 42.4. The maximum absolute atomic E-state index is 12.8. The average Bonchev–Trinajstić information content (AvgIpc) is 4.26. The molecule has 8 rings (SSSR count). The lowest BCUT2D eigenvalue weighted by molar-refractivity contribution is -0.149. The first kappa shape index (κ1) is 56.4. The topological polar surface area (TPSA) is 257 Å². The van der Waals surface area contributed by atoms with Crippen molar-refractivity contribution < 1.29 is 68.1 Å². The number of esters is 2. The maximum atomic E-state index is 12.8. The van der Waals surface area contributed by atoms with E-state index < -0.39 is 63.7 Å². The number of amides is 4. The molecule has 18 nitrogen and oxygen atoms in total. The number of hydroxylamine groups is 3. The molecule has 0 radical (unpaired) electrons. The van der Waals surface area contributed by atoms with Crippen LogP contribution in [0, 0.1) is 58.2 Å². The maximum Gasteiger partial charge on any atom is 0.317 e. The second kappa shape index (κ2) is 26.4. The molecule has 0 saturated heterocycles. The largest absolute Gasteiger partial charge is 0.489 e. The molecule has 7 N–H and O–H groups in total. The number of nitrogens with one attached hydrogen (secondary N) is 4. The number of benzene rings is 4. The van der Waals surface area contributed by atoms with Crippen molar-refractivity contribution in [2.75, 3.05) is 34.0 Å².